The summed E-state index contributed by atoms with van der Waals surface area (Å²) < 4.78 is 13.6. The fraction of sp³-hybridized carbons (Fsp3) is 0.722. The van der Waals surface area contributed by atoms with Crippen molar-refractivity contribution in [1.82, 2.24) is 19.9 Å². The second-order valence-electron chi connectivity index (χ2n) is 8.99. The van der Waals surface area contributed by atoms with E-state index in [-0.39, 0.29) is 18.1 Å². The Morgan fingerprint density at radius 1 is 1.45 bits per heavy atom. The fourth-order valence-electron chi connectivity index (χ4n) is 2.77. The van der Waals surface area contributed by atoms with E-state index in [9.17, 15) is 19.6 Å². The van der Waals surface area contributed by atoms with Crippen molar-refractivity contribution in [1.29, 1.82) is 0 Å². The molecule has 2 heterocycles. The molecule has 164 valence electrons. The summed E-state index contributed by atoms with van der Waals surface area (Å²) in [4.78, 5) is 38.1. The molecule has 3 N–H and O–H groups in total. The zero-order chi connectivity index (χ0) is 22.1. The summed E-state index contributed by atoms with van der Waals surface area (Å²) in [6, 6.07) is -1.16. The highest BCUT2D eigenvalue weighted by atomic mass is 28.4. The molecule has 1 aromatic rings. The van der Waals surface area contributed by atoms with Crippen LogP contribution < -0.4 is 16.6 Å². The van der Waals surface area contributed by atoms with E-state index in [1.165, 1.54) is 17.8 Å². The maximum absolute atomic E-state index is 12.2. The lowest BCUT2D eigenvalue weighted by Crippen LogP contribution is -2.49. The lowest BCUT2D eigenvalue weighted by molar-refractivity contribution is -0.0325. The summed E-state index contributed by atoms with van der Waals surface area (Å²) in [5.41, 5.74) is -0.653. The van der Waals surface area contributed by atoms with E-state index < -0.39 is 44.0 Å². The number of H-pyrrole nitrogens is 1. The first kappa shape index (κ1) is 23.3. The number of carbonyl (C=O) groups excluding carboxylic acids is 1. The van der Waals surface area contributed by atoms with Gasteiger partial charge in [-0.1, -0.05) is 20.8 Å². The van der Waals surface area contributed by atoms with Crippen LogP contribution in [0.3, 0.4) is 0 Å². The molecule has 0 aromatic carbocycles. The average Bonchev–Trinajstić information content (AvgIpc) is 2.97. The molecule has 1 saturated heterocycles. The van der Waals surface area contributed by atoms with Crippen LogP contribution in [0.4, 0.5) is 4.79 Å². The van der Waals surface area contributed by atoms with E-state index in [4.69, 9.17) is 9.16 Å². The van der Waals surface area contributed by atoms with Gasteiger partial charge in [0.1, 0.15) is 12.3 Å². The number of carbonyl (C=O) groups is 1. The molecule has 0 saturated carbocycles. The van der Waals surface area contributed by atoms with Crippen LogP contribution in [0.5, 0.6) is 0 Å². The van der Waals surface area contributed by atoms with Crippen LogP contribution in [-0.2, 0) is 9.16 Å². The molecule has 1 aliphatic rings. The van der Waals surface area contributed by atoms with Crippen molar-refractivity contribution < 1.29 is 19.2 Å². The Morgan fingerprint density at radius 3 is 2.62 bits per heavy atom. The Morgan fingerprint density at radius 2 is 2.07 bits per heavy atom. The maximum atomic E-state index is 12.2. The second-order valence-corrected chi connectivity index (χ2v) is 13.8. The number of amides is 2. The molecule has 3 unspecified atom stereocenters. The van der Waals surface area contributed by atoms with Gasteiger partial charge in [-0.25, -0.2) is 14.7 Å². The third-order valence-corrected chi connectivity index (χ3v) is 10.2. The van der Waals surface area contributed by atoms with Crippen LogP contribution in [0.15, 0.2) is 15.8 Å². The highest BCUT2D eigenvalue weighted by Crippen LogP contribution is 2.37. The van der Waals surface area contributed by atoms with Crippen molar-refractivity contribution in [3.8, 4) is 0 Å². The molecular weight excluding hydrogens is 396 g/mol. The Hall–Kier alpha value is -1.95. The van der Waals surface area contributed by atoms with Gasteiger partial charge in [0.15, 0.2) is 8.32 Å². The quantitative estimate of drug-likeness (QED) is 0.371. The highest BCUT2D eigenvalue weighted by molar-refractivity contribution is 6.74. The van der Waals surface area contributed by atoms with Crippen LogP contribution in [-0.4, -0.2) is 60.0 Å². The number of aromatic amines is 1. The molecule has 1 aliphatic heterocycles. The number of aromatic nitrogens is 2. The van der Waals surface area contributed by atoms with E-state index in [0.29, 0.717) is 10.6 Å². The van der Waals surface area contributed by atoms with Gasteiger partial charge in [-0.2, -0.15) is 0 Å². The number of nitrogens with one attached hydrogen (secondary N) is 2. The van der Waals surface area contributed by atoms with Crippen molar-refractivity contribution in [3.05, 3.63) is 32.6 Å². The normalized spacial score (nSPS) is 22.6. The number of rotatable bonds is 5. The lowest BCUT2D eigenvalue weighted by Gasteiger charge is -2.37. The summed E-state index contributed by atoms with van der Waals surface area (Å²) >= 11 is 0. The molecule has 1 fully saturated rings. The lowest BCUT2D eigenvalue weighted by atomic mass is 10.1. The van der Waals surface area contributed by atoms with E-state index in [1.807, 2.05) is 0 Å². The monoisotopic (exact) mass is 428 g/mol. The third-order valence-electron chi connectivity index (χ3n) is 5.71. The first-order chi connectivity index (χ1) is 13.2. The zero-order valence-corrected chi connectivity index (χ0v) is 19.1. The molecular formula is C18H32N4O6Si. The molecule has 2 amide bonds. The molecule has 1 aromatic heterocycles. The van der Waals surface area contributed by atoms with Crippen LogP contribution in [0.25, 0.3) is 0 Å². The minimum atomic E-state index is -2.06. The second kappa shape index (κ2) is 8.42. The minimum absolute atomic E-state index is 0.00202. The number of aryl methyl sites for hydroxylation is 1. The molecule has 0 radical (unpaired) electrons. The molecule has 11 heteroatoms. The number of urea groups is 1. The molecule has 2 rings (SSSR count). The van der Waals surface area contributed by atoms with Gasteiger partial charge in [0.2, 0.25) is 0 Å². The van der Waals surface area contributed by atoms with Gasteiger partial charge in [0, 0.05) is 25.2 Å². The molecule has 0 bridgehead atoms. The standard InChI is InChI=1S/C18H32N4O6Si/c1-11-9-22(17(25)20-15(11)23)14-8-12(19-16(24)21(5)26)13(28-14)10-27-29(6,7)18(2,3)4/h9,12-14,26H,8,10H2,1-7H3,(H,19,24)(H,20,23,25). The molecule has 3 atom stereocenters. The summed E-state index contributed by atoms with van der Waals surface area (Å²) in [5.74, 6) is 0. The predicted octanol–water partition coefficient (Wildman–Crippen LogP) is 1.55. The first-order valence-electron chi connectivity index (χ1n) is 9.57. The molecule has 29 heavy (non-hydrogen) atoms. The van der Waals surface area contributed by atoms with E-state index in [1.54, 1.807) is 6.92 Å². The molecule has 0 aliphatic carbocycles. The Labute approximate surface area is 170 Å². The SMILES string of the molecule is Cc1cn(C2CC(NC(=O)N(C)O)C(CO[Si](C)(C)C(C)(C)C)O2)c(=O)[nH]c1=O. The first-order valence-corrected chi connectivity index (χ1v) is 12.5. The van der Waals surface area contributed by atoms with Crippen LogP contribution in [0, 0.1) is 6.92 Å². The highest BCUT2D eigenvalue weighted by Gasteiger charge is 2.42. The van der Waals surface area contributed by atoms with Crippen LogP contribution in [0.2, 0.25) is 18.1 Å². The van der Waals surface area contributed by atoms with Crippen molar-refractivity contribution in [3.63, 3.8) is 0 Å². The average molecular weight is 429 g/mol. The van der Waals surface area contributed by atoms with Crippen molar-refractivity contribution >= 4 is 14.3 Å². The van der Waals surface area contributed by atoms with Gasteiger partial charge < -0.3 is 14.5 Å². The Balaban J connectivity index is 2.25. The topological polar surface area (TPSA) is 126 Å². The zero-order valence-electron chi connectivity index (χ0n) is 18.1. The summed E-state index contributed by atoms with van der Waals surface area (Å²) in [7, 11) is -0.839. The smallest absolute Gasteiger partial charge is 0.341 e. The Kier molecular flexibility index (Phi) is 6.77. The number of hydroxylamine groups is 2. The number of hydrogen-bond donors (Lipinski definition) is 3. The van der Waals surface area contributed by atoms with Crippen LogP contribution in [0.1, 0.15) is 39.0 Å². The number of ether oxygens (including phenoxy) is 1. The largest absolute Gasteiger partial charge is 0.414 e. The van der Waals surface area contributed by atoms with Gasteiger partial charge in [0.25, 0.3) is 5.56 Å². The maximum Gasteiger partial charge on any atom is 0.341 e. The third kappa shape index (κ3) is 5.35. The van der Waals surface area contributed by atoms with Gasteiger partial charge in [-0.05, 0) is 25.1 Å². The van der Waals surface area contributed by atoms with E-state index in [0.717, 1.165) is 0 Å². The van der Waals surface area contributed by atoms with Crippen molar-refractivity contribution in [2.45, 2.75) is 70.6 Å². The predicted molar refractivity (Wildman–Crippen MR) is 110 cm³/mol. The molecule has 10 nitrogen and oxygen atoms in total. The van der Waals surface area contributed by atoms with Crippen molar-refractivity contribution in [2.24, 2.45) is 0 Å². The van der Waals surface area contributed by atoms with Gasteiger partial charge in [-0.15, -0.1) is 0 Å². The van der Waals surface area contributed by atoms with Gasteiger partial charge >= 0.3 is 11.7 Å². The number of nitrogens with zero attached hydrogens (tertiary/aromatic N) is 2. The summed E-state index contributed by atoms with van der Waals surface area (Å²) in [5, 5.41) is 12.6. The minimum Gasteiger partial charge on any atom is -0.414 e. The van der Waals surface area contributed by atoms with E-state index in [2.05, 4.69) is 44.2 Å². The van der Waals surface area contributed by atoms with Crippen molar-refractivity contribution in [2.75, 3.05) is 13.7 Å². The summed E-state index contributed by atoms with van der Waals surface area (Å²) in [6.07, 6.45) is 0.536. The van der Waals surface area contributed by atoms with Gasteiger partial charge in [0.05, 0.1) is 12.6 Å². The fourth-order valence-corrected chi connectivity index (χ4v) is 3.78. The summed E-state index contributed by atoms with van der Waals surface area (Å²) in [6.45, 7) is 12.4. The van der Waals surface area contributed by atoms with E-state index >= 15 is 0 Å². The number of hydrogen-bond acceptors (Lipinski definition) is 6. The van der Waals surface area contributed by atoms with Crippen LogP contribution >= 0.6 is 0 Å². The molecule has 0 spiro atoms. The Bertz CT molecular complexity index is 857. The van der Waals surface area contributed by atoms with Gasteiger partial charge in [-0.3, -0.25) is 19.6 Å².